The van der Waals surface area contributed by atoms with Crippen molar-refractivity contribution in [3.8, 4) is 0 Å². The first-order chi connectivity index (χ1) is 32.0. The van der Waals surface area contributed by atoms with Gasteiger partial charge >= 0.3 is 17.9 Å². The van der Waals surface area contributed by atoms with Crippen LogP contribution in [0.1, 0.15) is 290 Å². The van der Waals surface area contributed by atoms with E-state index in [1.54, 1.807) is 0 Å². The van der Waals surface area contributed by atoms with Gasteiger partial charge in [-0.25, -0.2) is 0 Å². The van der Waals surface area contributed by atoms with Gasteiger partial charge in [0.2, 0.25) is 0 Å². The first kappa shape index (κ1) is 62.4. The van der Waals surface area contributed by atoms with Crippen molar-refractivity contribution in [3.05, 3.63) is 48.6 Å². The summed E-state index contributed by atoms with van der Waals surface area (Å²) in [5.74, 6) is -0.883. The molecule has 0 radical (unpaired) electrons. The molecule has 0 fully saturated rings. The van der Waals surface area contributed by atoms with Gasteiger partial charge in [0.25, 0.3) is 0 Å². The molecule has 0 aliphatic carbocycles. The number of hydrogen-bond acceptors (Lipinski definition) is 6. The molecule has 6 nitrogen and oxygen atoms in total. The van der Waals surface area contributed by atoms with Crippen LogP contribution in [0.15, 0.2) is 48.6 Å². The lowest BCUT2D eigenvalue weighted by Crippen LogP contribution is -2.30. The lowest BCUT2D eigenvalue weighted by atomic mass is 10.0. The van der Waals surface area contributed by atoms with Crippen molar-refractivity contribution in [2.45, 2.75) is 297 Å². The van der Waals surface area contributed by atoms with Gasteiger partial charge in [0, 0.05) is 19.3 Å². The first-order valence-electron chi connectivity index (χ1n) is 28.1. The fourth-order valence-corrected chi connectivity index (χ4v) is 8.03. The summed E-state index contributed by atoms with van der Waals surface area (Å²) < 4.78 is 16.8. The maximum atomic E-state index is 12.8. The number of rotatable bonds is 51. The highest BCUT2D eigenvalue weighted by atomic mass is 16.6. The molecule has 0 saturated heterocycles. The van der Waals surface area contributed by atoms with Crippen LogP contribution < -0.4 is 0 Å². The molecule has 0 aromatic heterocycles. The maximum Gasteiger partial charge on any atom is 0.306 e. The Morgan fingerprint density at radius 1 is 0.308 bits per heavy atom. The van der Waals surface area contributed by atoms with E-state index in [9.17, 15) is 14.4 Å². The Morgan fingerprint density at radius 3 is 0.877 bits per heavy atom. The fourth-order valence-electron chi connectivity index (χ4n) is 8.03. The zero-order valence-electron chi connectivity index (χ0n) is 43.3. The summed E-state index contributed by atoms with van der Waals surface area (Å²) >= 11 is 0. The van der Waals surface area contributed by atoms with Crippen LogP contribution in [0.5, 0.6) is 0 Å². The van der Waals surface area contributed by atoms with Gasteiger partial charge in [-0.2, -0.15) is 0 Å². The summed E-state index contributed by atoms with van der Waals surface area (Å²) in [5.41, 5.74) is 0. The molecule has 1 atom stereocenters. The molecule has 0 unspecified atom stereocenters. The number of allylic oxidation sites excluding steroid dienone is 8. The van der Waals surface area contributed by atoms with E-state index in [2.05, 4.69) is 69.4 Å². The average Bonchev–Trinajstić information content (AvgIpc) is 3.30. The summed E-state index contributed by atoms with van der Waals surface area (Å²) in [5, 5.41) is 0. The minimum Gasteiger partial charge on any atom is -0.462 e. The van der Waals surface area contributed by atoms with Gasteiger partial charge in [0.15, 0.2) is 6.10 Å². The molecule has 6 heteroatoms. The van der Waals surface area contributed by atoms with Crippen molar-refractivity contribution in [2.24, 2.45) is 0 Å². The number of carbonyl (C=O) groups excluding carboxylic acids is 3. The smallest absolute Gasteiger partial charge is 0.306 e. The highest BCUT2D eigenvalue weighted by molar-refractivity contribution is 5.71. The Morgan fingerprint density at radius 2 is 0.554 bits per heavy atom. The Bertz CT molecular complexity index is 1140. The van der Waals surface area contributed by atoms with Crippen LogP contribution in [-0.2, 0) is 28.6 Å². The number of esters is 3. The maximum absolute atomic E-state index is 12.8. The first-order valence-corrected chi connectivity index (χ1v) is 28.1. The van der Waals surface area contributed by atoms with E-state index in [0.717, 1.165) is 83.5 Å². The summed E-state index contributed by atoms with van der Waals surface area (Å²) in [6.45, 7) is 6.60. The van der Waals surface area contributed by atoms with Crippen LogP contribution in [0.4, 0.5) is 0 Å². The number of carbonyl (C=O) groups is 3. The normalized spacial score (nSPS) is 12.4. The van der Waals surface area contributed by atoms with E-state index in [0.29, 0.717) is 19.3 Å². The predicted molar refractivity (Wildman–Crippen MR) is 279 cm³/mol. The van der Waals surface area contributed by atoms with Crippen LogP contribution in [-0.4, -0.2) is 37.2 Å². The molecule has 0 rings (SSSR count). The third-order valence-electron chi connectivity index (χ3n) is 12.3. The second-order valence-corrected chi connectivity index (χ2v) is 18.8. The number of unbranched alkanes of at least 4 members (excludes halogenated alkanes) is 32. The molecule has 0 aromatic rings. The molecule has 0 saturated carbocycles. The molecule has 0 heterocycles. The van der Waals surface area contributed by atoms with Crippen molar-refractivity contribution < 1.29 is 28.6 Å². The van der Waals surface area contributed by atoms with E-state index >= 15 is 0 Å². The average molecular weight is 911 g/mol. The summed E-state index contributed by atoms with van der Waals surface area (Å²) in [6.07, 6.45) is 65.2. The molecular formula is C59H106O6. The molecular weight excluding hydrogens is 805 g/mol. The lowest BCUT2D eigenvalue weighted by Gasteiger charge is -2.18. The van der Waals surface area contributed by atoms with Gasteiger partial charge in [-0.1, -0.05) is 236 Å². The van der Waals surface area contributed by atoms with Gasteiger partial charge in [0.1, 0.15) is 13.2 Å². The van der Waals surface area contributed by atoms with Gasteiger partial charge in [-0.05, 0) is 83.5 Å². The minimum absolute atomic E-state index is 0.0773. The van der Waals surface area contributed by atoms with Crippen molar-refractivity contribution >= 4 is 17.9 Å². The zero-order valence-corrected chi connectivity index (χ0v) is 43.3. The molecule has 0 amide bonds. The van der Waals surface area contributed by atoms with E-state index in [1.165, 1.54) is 167 Å². The van der Waals surface area contributed by atoms with Crippen LogP contribution in [0.2, 0.25) is 0 Å². The third kappa shape index (κ3) is 52.2. The second-order valence-electron chi connectivity index (χ2n) is 18.8. The SMILES string of the molecule is CCCCC/C=C\C/C=C\CCCCCCCCCCCC(=O)OC[C@H](COC(=O)CCCCCCC/C=C\C/C=C\CCCCC)OC(=O)CCCCCCCCCCCCCCC. The van der Waals surface area contributed by atoms with E-state index in [4.69, 9.17) is 14.2 Å². The van der Waals surface area contributed by atoms with E-state index in [-0.39, 0.29) is 31.1 Å². The molecule has 0 N–H and O–H groups in total. The fraction of sp³-hybridized carbons (Fsp3) is 0.814. The number of hydrogen-bond donors (Lipinski definition) is 0. The summed E-state index contributed by atoms with van der Waals surface area (Å²) in [6, 6.07) is 0. The monoisotopic (exact) mass is 911 g/mol. The standard InChI is InChI=1S/C59H106O6/c1-4-7-10-13-16-19-22-25-27-28-29-30-32-35-37-40-43-46-49-52-58(61)64-55-56(65-59(62)53-50-47-44-41-38-33-24-21-18-15-12-9-6-3)54-63-57(60)51-48-45-42-39-36-34-31-26-23-20-17-14-11-8-5-2/h16-17,19-20,25-27,31,56H,4-15,18,21-24,28-30,32-55H2,1-3H3/b19-16-,20-17-,27-25-,31-26-/t56-/m0/s1. The molecule has 0 aliphatic rings. The van der Waals surface area contributed by atoms with Gasteiger partial charge in [-0.15, -0.1) is 0 Å². The molecule has 65 heavy (non-hydrogen) atoms. The van der Waals surface area contributed by atoms with Crippen molar-refractivity contribution in [3.63, 3.8) is 0 Å². The largest absolute Gasteiger partial charge is 0.462 e. The molecule has 378 valence electrons. The highest BCUT2D eigenvalue weighted by Crippen LogP contribution is 2.16. The van der Waals surface area contributed by atoms with Crippen molar-refractivity contribution in [1.29, 1.82) is 0 Å². The van der Waals surface area contributed by atoms with Gasteiger partial charge < -0.3 is 14.2 Å². The van der Waals surface area contributed by atoms with Crippen LogP contribution in [0.25, 0.3) is 0 Å². The Labute approximate surface area is 403 Å². The van der Waals surface area contributed by atoms with Crippen LogP contribution in [0, 0.1) is 0 Å². The molecule has 0 spiro atoms. The quantitative estimate of drug-likeness (QED) is 0.0262. The minimum atomic E-state index is -0.778. The molecule has 0 aromatic carbocycles. The Kier molecular flexibility index (Phi) is 51.8. The van der Waals surface area contributed by atoms with Gasteiger partial charge in [-0.3, -0.25) is 14.4 Å². The third-order valence-corrected chi connectivity index (χ3v) is 12.3. The Balaban J connectivity index is 4.35. The predicted octanol–water partition coefficient (Wildman–Crippen LogP) is 18.7. The molecule has 0 bridgehead atoms. The Hall–Kier alpha value is -2.63. The van der Waals surface area contributed by atoms with E-state index < -0.39 is 6.10 Å². The summed E-state index contributed by atoms with van der Waals surface area (Å²) in [7, 11) is 0. The van der Waals surface area contributed by atoms with Gasteiger partial charge in [0.05, 0.1) is 0 Å². The van der Waals surface area contributed by atoms with Crippen LogP contribution >= 0.6 is 0 Å². The zero-order chi connectivity index (χ0) is 47.2. The summed E-state index contributed by atoms with van der Waals surface area (Å²) in [4.78, 5) is 38.1. The topological polar surface area (TPSA) is 78.9 Å². The van der Waals surface area contributed by atoms with Crippen molar-refractivity contribution in [1.82, 2.24) is 0 Å². The van der Waals surface area contributed by atoms with Crippen molar-refractivity contribution in [2.75, 3.05) is 13.2 Å². The molecule has 0 aliphatic heterocycles. The lowest BCUT2D eigenvalue weighted by molar-refractivity contribution is -0.167. The van der Waals surface area contributed by atoms with Crippen LogP contribution in [0.3, 0.4) is 0 Å². The number of ether oxygens (including phenoxy) is 3. The van der Waals surface area contributed by atoms with E-state index in [1.807, 2.05) is 0 Å². The second kappa shape index (κ2) is 54.0. The highest BCUT2D eigenvalue weighted by Gasteiger charge is 2.19.